The molecule has 0 unspecified atom stereocenters. The predicted molar refractivity (Wildman–Crippen MR) is 89.0 cm³/mol. The maximum absolute atomic E-state index is 13.6. The Morgan fingerprint density at radius 3 is 2.84 bits per heavy atom. The van der Waals surface area contributed by atoms with Crippen LogP contribution in [-0.2, 0) is 9.53 Å². The molecule has 2 aromatic heterocycles. The largest absolute Gasteiger partial charge is 0.468 e. The molecule has 3 rings (SSSR count). The molecule has 0 aliphatic heterocycles. The minimum atomic E-state index is -0.627. The Kier molecular flexibility index (Phi) is 4.85. The number of rotatable bonds is 5. The highest BCUT2D eigenvalue weighted by molar-refractivity contribution is 7.13. The van der Waals surface area contributed by atoms with Crippen LogP contribution in [0.5, 0.6) is 0 Å². The van der Waals surface area contributed by atoms with Crippen molar-refractivity contribution in [2.24, 2.45) is 0 Å². The average molecular weight is 360 g/mol. The number of halogens is 1. The highest BCUT2D eigenvalue weighted by Crippen LogP contribution is 2.25. The van der Waals surface area contributed by atoms with E-state index in [2.05, 4.69) is 20.1 Å². The summed E-state index contributed by atoms with van der Waals surface area (Å²) in [6.07, 6.45) is 0. The molecule has 7 nitrogen and oxygen atoms in total. The summed E-state index contributed by atoms with van der Waals surface area (Å²) < 4.78 is 19.4. The Labute approximate surface area is 146 Å². The Bertz CT molecular complexity index is 908. The van der Waals surface area contributed by atoms with Crippen LogP contribution >= 0.6 is 11.3 Å². The Morgan fingerprint density at radius 1 is 1.32 bits per heavy atom. The normalized spacial score (nSPS) is 10.5. The second-order valence-corrected chi connectivity index (χ2v) is 5.83. The Morgan fingerprint density at radius 2 is 2.16 bits per heavy atom. The van der Waals surface area contributed by atoms with E-state index in [0.717, 1.165) is 4.88 Å². The number of nitrogens with one attached hydrogen (secondary N) is 1. The third kappa shape index (κ3) is 3.72. The first-order valence-corrected chi connectivity index (χ1v) is 8.08. The molecule has 0 spiro atoms. The lowest BCUT2D eigenvalue weighted by molar-refractivity contribution is -0.139. The molecule has 2 heterocycles. The fourth-order valence-electron chi connectivity index (χ4n) is 2.07. The fraction of sp³-hybridized carbons (Fsp3) is 0.125. The number of thiophene rings is 1. The quantitative estimate of drug-likeness (QED) is 0.704. The maximum Gasteiger partial charge on any atom is 0.325 e. The smallest absolute Gasteiger partial charge is 0.325 e. The number of carbonyl (C=O) groups is 2. The zero-order valence-corrected chi connectivity index (χ0v) is 13.9. The van der Waals surface area contributed by atoms with Crippen molar-refractivity contribution >= 4 is 23.2 Å². The van der Waals surface area contributed by atoms with Gasteiger partial charge in [0.1, 0.15) is 12.4 Å². The van der Waals surface area contributed by atoms with Crippen molar-refractivity contribution in [1.82, 2.24) is 20.1 Å². The van der Waals surface area contributed by atoms with E-state index in [1.54, 1.807) is 12.1 Å². The van der Waals surface area contributed by atoms with Crippen LogP contribution in [0.25, 0.3) is 16.4 Å². The van der Waals surface area contributed by atoms with Gasteiger partial charge in [-0.1, -0.05) is 12.1 Å². The van der Waals surface area contributed by atoms with Crippen molar-refractivity contribution in [3.63, 3.8) is 0 Å². The molecule has 128 valence electrons. The highest BCUT2D eigenvalue weighted by atomic mass is 32.1. The van der Waals surface area contributed by atoms with Gasteiger partial charge in [0, 0.05) is 0 Å². The zero-order chi connectivity index (χ0) is 17.8. The van der Waals surface area contributed by atoms with Gasteiger partial charge in [-0.2, -0.15) is 0 Å². The highest BCUT2D eigenvalue weighted by Gasteiger charge is 2.20. The number of amides is 1. The molecule has 0 radical (unpaired) electrons. The summed E-state index contributed by atoms with van der Waals surface area (Å²) in [6.45, 7) is -0.293. The van der Waals surface area contributed by atoms with E-state index in [4.69, 9.17) is 0 Å². The summed E-state index contributed by atoms with van der Waals surface area (Å²) >= 11 is 1.41. The van der Waals surface area contributed by atoms with Crippen molar-refractivity contribution in [3.8, 4) is 16.4 Å². The van der Waals surface area contributed by atoms with Gasteiger partial charge in [0.25, 0.3) is 5.91 Å². The van der Waals surface area contributed by atoms with E-state index in [1.807, 2.05) is 17.5 Å². The van der Waals surface area contributed by atoms with E-state index in [9.17, 15) is 14.0 Å². The van der Waals surface area contributed by atoms with Crippen molar-refractivity contribution in [2.45, 2.75) is 0 Å². The van der Waals surface area contributed by atoms with E-state index in [0.29, 0.717) is 11.5 Å². The van der Waals surface area contributed by atoms with Crippen LogP contribution in [0.3, 0.4) is 0 Å². The van der Waals surface area contributed by atoms with E-state index in [1.165, 1.54) is 35.3 Å². The molecule has 0 bridgehead atoms. The first-order valence-electron chi connectivity index (χ1n) is 7.20. The second kappa shape index (κ2) is 7.22. The van der Waals surface area contributed by atoms with Gasteiger partial charge in [0.2, 0.25) is 5.82 Å². The minimum Gasteiger partial charge on any atom is -0.468 e. The average Bonchev–Trinajstić information content (AvgIpc) is 3.28. The zero-order valence-electron chi connectivity index (χ0n) is 13.1. The van der Waals surface area contributed by atoms with Gasteiger partial charge in [0.05, 0.1) is 17.7 Å². The maximum atomic E-state index is 13.6. The number of esters is 1. The van der Waals surface area contributed by atoms with E-state index >= 15 is 0 Å². The number of hydrogen-bond acceptors (Lipinski definition) is 6. The first-order chi connectivity index (χ1) is 12.1. The molecule has 3 aromatic rings. The van der Waals surface area contributed by atoms with Crippen LogP contribution in [0.4, 0.5) is 4.39 Å². The van der Waals surface area contributed by atoms with Gasteiger partial charge >= 0.3 is 5.97 Å². The SMILES string of the molecule is COC(=O)CNC(=O)c1nc(-c2cccs2)n(-c2cccc(F)c2)n1. The van der Waals surface area contributed by atoms with E-state index in [-0.39, 0.29) is 12.4 Å². The van der Waals surface area contributed by atoms with Gasteiger partial charge in [-0.05, 0) is 29.6 Å². The molecule has 1 aromatic carbocycles. The molecule has 0 fully saturated rings. The number of carbonyl (C=O) groups excluding carboxylic acids is 2. The van der Waals surface area contributed by atoms with Gasteiger partial charge in [0.15, 0.2) is 5.82 Å². The van der Waals surface area contributed by atoms with Crippen LogP contribution in [-0.4, -0.2) is 40.3 Å². The standard InChI is InChI=1S/C16H13FN4O3S/c1-24-13(22)9-18-16(23)14-19-15(12-6-3-7-25-12)21(20-14)11-5-2-4-10(17)8-11/h2-8H,9H2,1H3,(H,18,23). The van der Waals surface area contributed by atoms with Gasteiger partial charge in [-0.25, -0.2) is 14.1 Å². The van der Waals surface area contributed by atoms with Crippen LogP contribution in [0.1, 0.15) is 10.6 Å². The minimum absolute atomic E-state index is 0.128. The number of hydrogen-bond donors (Lipinski definition) is 1. The molecule has 25 heavy (non-hydrogen) atoms. The molecule has 0 saturated carbocycles. The van der Waals surface area contributed by atoms with Crippen molar-refractivity contribution in [3.05, 3.63) is 53.4 Å². The topological polar surface area (TPSA) is 86.1 Å². The molecule has 0 aliphatic carbocycles. The van der Waals surface area contributed by atoms with Gasteiger partial charge in [-0.3, -0.25) is 9.59 Å². The van der Waals surface area contributed by atoms with Gasteiger partial charge in [-0.15, -0.1) is 16.4 Å². The summed E-state index contributed by atoms with van der Waals surface area (Å²) in [4.78, 5) is 28.3. The third-order valence-corrected chi connectivity index (χ3v) is 4.09. The lowest BCUT2D eigenvalue weighted by atomic mass is 10.3. The number of nitrogens with zero attached hydrogens (tertiary/aromatic N) is 3. The number of methoxy groups -OCH3 is 1. The molecule has 1 amide bonds. The molecule has 9 heteroatoms. The first kappa shape index (κ1) is 16.8. The number of ether oxygens (including phenoxy) is 1. The summed E-state index contributed by atoms with van der Waals surface area (Å²) in [5, 5.41) is 8.40. The van der Waals surface area contributed by atoms with Crippen LogP contribution < -0.4 is 5.32 Å². The number of aromatic nitrogens is 3. The number of benzene rings is 1. The molecule has 0 atom stereocenters. The molecule has 0 saturated heterocycles. The van der Waals surface area contributed by atoms with Crippen molar-refractivity contribution in [2.75, 3.05) is 13.7 Å². The Balaban J connectivity index is 1.98. The van der Waals surface area contributed by atoms with Crippen molar-refractivity contribution < 1.29 is 18.7 Å². The molecular formula is C16H13FN4O3S. The van der Waals surface area contributed by atoms with Gasteiger partial charge < -0.3 is 10.1 Å². The predicted octanol–water partition coefficient (Wildman–Crippen LogP) is 2.04. The van der Waals surface area contributed by atoms with Crippen LogP contribution in [0.15, 0.2) is 41.8 Å². The summed E-state index contributed by atoms with van der Waals surface area (Å²) in [5.74, 6) is -1.36. The fourth-order valence-corrected chi connectivity index (χ4v) is 2.76. The van der Waals surface area contributed by atoms with Crippen LogP contribution in [0, 0.1) is 5.82 Å². The summed E-state index contributed by atoms with van der Waals surface area (Å²) in [6, 6.07) is 9.46. The van der Waals surface area contributed by atoms with Crippen LogP contribution in [0.2, 0.25) is 0 Å². The molecule has 0 aliphatic rings. The molecule has 1 N–H and O–H groups in total. The lowest BCUT2D eigenvalue weighted by Crippen LogP contribution is -2.31. The van der Waals surface area contributed by atoms with Crippen molar-refractivity contribution in [1.29, 1.82) is 0 Å². The Hall–Kier alpha value is -3.07. The molecular weight excluding hydrogens is 347 g/mol. The summed E-state index contributed by atoms with van der Waals surface area (Å²) in [7, 11) is 1.22. The monoisotopic (exact) mass is 360 g/mol. The third-order valence-electron chi connectivity index (χ3n) is 3.23. The lowest BCUT2D eigenvalue weighted by Gasteiger charge is -2.04. The summed E-state index contributed by atoms with van der Waals surface area (Å²) in [5.41, 5.74) is 0.433. The van der Waals surface area contributed by atoms with E-state index < -0.39 is 17.7 Å². The second-order valence-electron chi connectivity index (χ2n) is 4.89.